The molecule has 2 aromatic rings. The third-order valence-electron chi connectivity index (χ3n) is 4.08. The first-order chi connectivity index (χ1) is 11.7. The zero-order valence-corrected chi connectivity index (χ0v) is 14.8. The van der Waals surface area contributed by atoms with Crippen LogP contribution in [0.15, 0.2) is 29.9 Å². The minimum Gasteiger partial charge on any atom is -0.367 e. The molecule has 2 aromatic heterocycles. The highest BCUT2D eigenvalue weighted by molar-refractivity contribution is 7.09. The predicted octanol–water partition coefficient (Wildman–Crippen LogP) is 3.08. The number of nitrogens with zero attached hydrogens (tertiary/aromatic N) is 3. The number of amides is 2. The van der Waals surface area contributed by atoms with E-state index in [4.69, 9.17) is 4.74 Å². The summed E-state index contributed by atoms with van der Waals surface area (Å²) in [5, 5.41) is 6.06. The molecule has 0 aliphatic carbocycles. The topological polar surface area (TPSA) is 67.4 Å². The molecule has 1 saturated heterocycles. The lowest BCUT2D eigenvalue weighted by molar-refractivity contribution is -0.0159. The maximum atomic E-state index is 12.6. The number of pyridine rings is 1. The lowest BCUT2D eigenvalue weighted by atomic mass is 10.1. The summed E-state index contributed by atoms with van der Waals surface area (Å²) >= 11 is 1.58. The van der Waals surface area contributed by atoms with Crippen LogP contribution in [0, 0.1) is 6.92 Å². The van der Waals surface area contributed by atoms with E-state index in [0.717, 1.165) is 22.7 Å². The average molecular weight is 346 g/mol. The fourth-order valence-corrected chi connectivity index (χ4v) is 3.60. The quantitative estimate of drug-likeness (QED) is 0.924. The van der Waals surface area contributed by atoms with Gasteiger partial charge in [-0.1, -0.05) is 6.92 Å². The summed E-state index contributed by atoms with van der Waals surface area (Å²) in [6.45, 7) is 5.69. The Kier molecular flexibility index (Phi) is 5.42. The molecule has 1 fully saturated rings. The number of nitrogens with one attached hydrogen (secondary N) is 1. The first kappa shape index (κ1) is 16.9. The molecule has 3 heterocycles. The number of aryl methyl sites for hydroxylation is 1. The summed E-state index contributed by atoms with van der Waals surface area (Å²) in [4.78, 5) is 23.0. The Bertz CT molecular complexity index is 676. The van der Waals surface area contributed by atoms with Crippen LogP contribution in [0.1, 0.15) is 41.8 Å². The Hall–Kier alpha value is -1.99. The van der Waals surface area contributed by atoms with Gasteiger partial charge in [0.15, 0.2) is 0 Å². The van der Waals surface area contributed by atoms with Crippen molar-refractivity contribution in [3.05, 3.63) is 46.2 Å². The van der Waals surface area contributed by atoms with Gasteiger partial charge < -0.3 is 15.0 Å². The smallest absolute Gasteiger partial charge is 0.318 e. The highest BCUT2D eigenvalue weighted by Crippen LogP contribution is 2.25. The highest BCUT2D eigenvalue weighted by Gasteiger charge is 2.28. The molecule has 2 atom stereocenters. The Morgan fingerprint density at radius 1 is 1.50 bits per heavy atom. The minimum absolute atomic E-state index is 0.0103. The van der Waals surface area contributed by atoms with Gasteiger partial charge in [-0.05, 0) is 31.0 Å². The summed E-state index contributed by atoms with van der Waals surface area (Å²) in [5.41, 5.74) is 2.06. The van der Waals surface area contributed by atoms with Gasteiger partial charge in [0.25, 0.3) is 0 Å². The standard InChI is InChI=1S/C17H22N4O2S/c1-3-14(13-4-6-18-7-5-13)20-17(22)21-8-9-23-15(10-21)16-19-12(2)11-24-16/h4-7,11,14-15H,3,8-10H2,1-2H3,(H,20,22)/t14-,15+/m0/s1. The summed E-state index contributed by atoms with van der Waals surface area (Å²) in [6.07, 6.45) is 4.19. The molecule has 128 valence electrons. The molecule has 24 heavy (non-hydrogen) atoms. The number of carbonyl (C=O) groups is 1. The molecule has 0 spiro atoms. The number of thiazole rings is 1. The first-order valence-electron chi connectivity index (χ1n) is 8.16. The number of carbonyl (C=O) groups excluding carboxylic acids is 1. The van der Waals surface area contributed by atoms with Gasteiger partial charge >= 0.3 is 6.03 Å². The fourth-order valence-electron chi connectivity index (χ4n) is 2.76. The van der Waals surface area contributed by atoms with Crippen molar-refractivity contribution in [3.63, 3.8) is 0 Å². The lowest BCUT2D eigenvalue weighted by Crippen LogP contribution is -2.48. The van der Waals surface area contributed by atoms with Crippen LogP contribution in [0.2, 0.25) is 0 Å². The van der Waals surface area contributed by atoms with Crippen molar-refractivity contribution in [2.75, 3.05) is 19.7 Å². The zero-order chi connectivity index (χ0) is 16.9. The zero-order valence-electron chi connectivity index (χ0n) is 13.9. The normalized spacial score (nSPS) is 19.1. The molecule has 0 unspecified atom stereocenters. The van der Waals surface area contributed by atoms with E-state index < -0.39 is 0 Å². The number of hydrogen-bond acceptors (Lipinski definition) is 5. The molecule has 1 N–H and O–H groups in total. The van der Waals surface area contributed by atoms with Gasteiger partial charge in [0.1, 0.15) is 11.1 Å². The summed E-state index contributed by atoms with van der Waals surface area (Å²) < 4.78 is 5.79. The van der Waals surface area contributed by atoms with E-state index in [1.54, 1.807) is 23.7 Å². The summed E-state index contributed by atoms with van der Waals surface area (Å²) in [7, 11) is 0. The largest absolute Gasteiger partial charge is 0.367 e. The average Bonchev–Trinajstić information content (AvgIpc) is 3.07. The van der Waals surface area contributed by atoms with E-state index in [1.165, 1.54) is 0 Å². The SMILES string of the molecule is CC[C@H](NC(=O)N1CCO[C@@H](c2nc(C)cs2)C1)c1ccncc1. The number of ether oxygens (including phenoxy) is 1. The second-order valence-corrected chi connectivity index (χ2v) is 6.71. The molecule has 2 amide bonds. The van der Waals surface area contributed by atoms with Gasteiger partial charge in [-0.25, -0.2) is 9.78 Å². The Labute approximate surface area is 145 Å². The maximum absolute atomic E-state index is 12.6. The van der Waals surface area contributed by atoms with Crippen LogP contribution in [0.4, 0.5) is 4.79 Å². The molecular formula is C17H22N4O2S. The van der Waals surface area contributed by atoms with E-state index in [9.17, 15) is 4.79 Å². The van der Waals surface area contributed by atoms with Gasteiger partial charge in [-0.3, -0.25) is 4.98 Å². The van der Waals surface area contributed by atoms with Crippen LogP contribution in [0.25, 0.3) is 0 Å². The van der Waals surface area contributed by atoms with Crippen LogP contribution < -0.4 is 5.32 Å². The number of hydrogen-bond donors (Lipinski definition) is 1. The number of morpholine rings is 1. The number of urea groups is 1. The molecule has 7 heteroatoms. The second kappa shape index (κ2) is 7.72. The number of aromatic nitrogens is 2. The van der Waals surface area contributed by atoms with Crippen molar-refractivity contribution >= 4 is 17.4 Å². The van der Waals surface area contributed by atoms with Gasteiger partial charge in [-0.15, -0.1) is 11.3 Å². The van der Waals surface area contributed by atoms with Crippen LogP contribution >= 0.6 is 11.3 Å². The van der Waals surface area contributed by atoms with Crippen molar-refractivity contribution in [2.45, 2.75) is 32.4 Å². The van der Waals surface area contributed by atoms with Gasteiger partial charge in [0.05, 0.1) is 19.2 Å². The van der Waals surface area contributed by atoms with Crippen molar-refractivity contribution in [3.8, 4) is 0 Å². The van der Waals surface area contributed by atoms with Gasteiger partial charge in [0, 0.05) is 30.0 Å². The highest BCUT2D eigenvalue weighted by atomic mass is 32.1. The molecule has 3 rings (SSSR count). The minimum atomic E-state index is -0.135. The first-order valence-corrected chi connectivity index (χ1v) is 9.04. The molecule has 1 aliphatic heterocycles. The fraction of sp³-hybridized carbons (Fsp3) is 0.471. The van der Waals surface area contributed by atoms with Crippen molar-refractivity contribution in [1.29, 1.82) is 0 Å². The second-order valence-electron chi connectivity index (χ2n) is 5.82. The van der Waals surface area contributed by atoms with Crippen LogP contribution in [0.5, 0.6) is 0 Å². The number of rotatable bonds is 4. The molecule has 0 bridgehead atoms. The predicted molar refractivity (Wildman–Crippen MR) is 92.9 cm³/mol. The Balaban J connectivity index is 1.63. The maximum Gasteiger partial charge on any atom is 0.318 e. The van der Waals surface area contributed by atoms with E-state index in [1.807, 2.05) is 29.3 Å². The molecule has 0 radical (unpaired) electrons. The third-order valence-corrected chi connectivity index (χ3v) is 5.13. The van der Waals surface area contributed by atoms with Gasteiger partial charge in [0.2, 0.25) is 0 Å². The van der Waals surface area contributed by atoms with Crippen LogP contribution in [-0.4, -0.2) is 40.6 Å². The van der Waals surface area contributed by atoms with E-state index >= 15 is 0 Å². The molecule has 6 nitrogen and oxygen atoms in total. The molecular weight excluding hydrogens is 324 g/mol. The summed E-state index contributed by atoms with van der Waals surface area (Å²) in [5.74, 6) is 0. The van der Waals surface area contributed by atoms with Crippen LogP contribution in [0.3, 0.4) is 0 Å². The Morgan fingerprint density at radius 2 is 2.29 bits per heavy atom. The van der Waals surface area contributed by atoms with Gasteiger partial charge in [-0.2, -0.15) is 0 Å². The van der Waals surface area contributed by atoms with Crippen molar-refractivity contribution in [1.82, 2.24) is 20.2 Å². The molecule has 1 aliphatic rings. The van der Waals surface area contributed by atoms with Crippen LogP contribution in [-0.2, 0) is 4.74 Å². The van der Waals surface area contributed by atoms with E-state index in [0.29, 0.717) is 19.7 Å². The Morgan fingerprint density at radius 3 is 2.96 bits per heavy atom. The lowest BCUT2D eigenvalue weighted by Gasteiger charge is -2.33. The van der Waals surface area contributed by atoms with E-state index in [2.05, 4.69) is 22.2 Å². The van der Waals surface area contributed by atoms with E-state index in [-0.39, 0.29) is 18.2 Å². The summed E-state index contributed by atoms with van der Waals surface area (Å²) in [6, 6.07) is 3.81. The van der Waals surface area contributed by atoms with Crippen molar-refractivity contribution in [2.24, 2.45) is 0 Å². The van der Waals surface area contributed by atoms with Crippen molar-refractivity contribution < 1.29 is 9.53 Å². The third kappa shape index (κ3) is 3.91. The molecule has 0 aromatic carbocycles. The monoisotopic (exact) mass is 346 g/mol. The molecule has 0 saturated carbocycles.